The van der Waals surface area contributed by atoms with Gasteiger partial charge in [-0.3, -0.25) is 0 Å². The predicted octanol–water partition coefficient (Wildman–Crippen LogP) is 1.58. The van der Waals surface area contributed by atoms with E-state index in [9.17, 15) is 8.42 Å². The molecule has 17 heavy (non-hydrogen) atoms. The summed E-state index contributed by atoms with van der Waals surface area (Å²) >= 11 is 0. The van der Waals surface area contributed by atoms with Crippen LogP contribution in [0.25, 0.3) is 0 Å². The lowest BCUT2D eigenvalue weighted by atomic mass is 10.1. The molecule has 0 radical (unpaired) electrons. The lowest BCUT2D eigenvalue weighted by molar-refractivity contribution is 0.546. The molecule has 0 amide bonds. The van der Waals surface area contributed by atoms with E-state index in [1.165, 1.54) is 0 Å². The Morgan fingerprint density at radius 2 is 2.12 bits per heavy atom. The standard InChI is InChI=1S/C12H18N2O2S/c1-8(2)17(15,16)14-12-6-3-9-7-10(13)4-5-11(9)12/h4-5,7-8,12,14H,3,6,13H2,1-2H3. The first-order valence-electron chi connectivity index (χ1n) is 5.79. The van der Waals surface area contributed by atoms with Gasteiger partial charge in [0, 0.05) is 11.7 Å². The van der Waals surface area contributed by atoms with E-state index in [0.29, 0.717) is 0 Å². The quantitative estimate of drug-likeness (QED) is 0.804. The van der Waals surface area contributed by atoms with Crippen LogP contribution in [-0.4, -0.2) is 13.7 Å². The Labute approximate surface area is 102 Å². The monoisotopic (exact) mass is 254 g/mol. The van der Waals surface area contributed by atoms with Crippen LogP contribution in [0, 0.1) is 0 Å². The van der Waals surface area contributed by atoms with E-state index in [-0.39, 0.29) is 6.04 Å². The summed E-state index contributed by atoms with van der Waals surface area (Å²) in [5.41, 5.74) is 8.66. The van der Waals surface area contributed by atoms with E-state index in [2.05, 4.69) is 4.72 Å². The summed E-state index contributed by atoms with van der Waals surface area (Å²) in [6.45, 7) is 3.36. The van der Waals surface area contributed by atoms with Gasteiger partial charge in [-0.05, 0) is 49.9 Å². The third-order valence-corrected chi connectivity index (χ3v) is 5.03. The van der Waals surface area contributed by atoms with Gasteiger partial charge < -0.3 is 5.73 Å². The van der Waals surface area contributed by atoms with Crippen LogP contribution in [0.4, 0.5) is 5.69 Å². The van der Waals surface area contributed by atoms with Gasteiger partial charge in [0.15, 0.2) is 0 Å². The van der Waals surface area contributed by atoms with Crippen LogP contribution in [0.1, 0.15) is 37.4 Å². The molecule has 4 nitrogen and oxygen atoms in total. The van der Waals surface area contributed by atoms with Gasteiger partial charge in [-0.2, -0.15) is 0 Å². The van der Waals surface area contributed by atoms with Gasteiger partial charge in [-0.1, -0.05) is 6.07 Å². The third-order valence-electron chi connectivity index (χ3n) is 3.17. The minimum Gasteiger partial charge on any atom is -0.399 e. The smallest absolute Gasteiger partial charge is 0.214 e. The summed E-state index contributed by atoms with van der Waals surface area (Å²) in [4.78, 5) is 0. The molecule has 94 valence electrons. The Balaban J connectivity index is 2.24. The Kier molecular flexibility index (Phi) is 3.14. The molecule has 2 rings (SSSR count). The number of fused-ring (bicyclic) bond motifs is 1. The lowest BCUT2D eigenvalue weighted by Crippen LogP contribution is -2.33. The molecule has 1 atom stereocenters. The average Bonchev–Trinajstić information content (AvgIpc) is 2.60. The fourth-order valence-corrected chi connectivity index (χ4v) is 3.01. The third kappa shape index (κ3) is 2.45. The second kappa shape index (κ2) is 4.31. The van der Waals surface area contributed by atoms with Crippen LogP contribution in [0.15, 0.2) is 18.2 Å². The van der Waals surface area contributed by atoms with Crippen molar-refractivity contribution in [2.24, 2.45) is 0 Å². The molecule has 0 saturated heterocycles. The summed E-state index contributed by atoms with van der Waals surface area (Å²) in [7, 11) is -3.22. The highest BCUT2D eigenvalue weighted by Gasteiger charge is 2.27. The van der Waals surface area contributed by atoms with E-state index in [4.69, 9.17) is 5.73 Å². The van der Waals surface area contributed by atoms with Crippen LogP contribution in [0.2, 0.25) is 0 Å². The van der Waals surface area contributed by atoms with Crippen molar-refractivity contribution in [3.8, 4) is 0 Å². The van der Waals surface area contributed by atoms with Crippen molar-refractivity contribution in [2.45, 2.75) is 38.0 Å². The van der Waals surface area contributed by atoms with Gasteiger partial charge in [0.05, 0.1) is 5.25 Å². The molecule has 0 spiro atoms. The Morgan fingerprint density at radius 1 is 1.41 bits per heavy atom. The summed E-state index contributed by atoms with van der Waals surface area (Å²) < 4.78 is 26.4. The maximum absolute atomic E-state index is 11.8. The van der Waals surface area contributed by atoms with Crippen LogP contribution in [0.5, 0.6) is 0 Å². The zero-order chi connectivity index (χ0) is 12.6. The Morgan fingerprint density at radius 3 is 2.76 bits per heavy atom. The SMILES string of the molecule is CC(C)S(=O)(=O)NC1CCc2cc(N)ccc21. The number of anilines is 1. The number of rotatable bonds is 3. The van der Waals surface area contributed by atoms with Crippen molar-refractivity contribution < 1.29 is 8.42 Å². The molecule has 0 saturated carbocycles. The van der Waals surface area contributed by atoms with Crippen LogP contribution >= 0.6 is 0 Å². The molecule has 1 aliphatic carbocycles. The number of sulfonamides is 1. The molecule has 0 aliphatic heterocycles. The minimum absolute atomic E-state index is 0.0991. The number of nitrogens with two attached hydrogens (primary N) is 1. The molecule has 3 N–H and O–H groups in total. The number of aryl methyl sites for hydroxylation is 1. The van der Waals surface area contributed by atoms with Gasteiger partial charge in [-0.25, -0.2) is 13.1 Å². The van der Waals surface area contributed by atoms with Gasteiger partial charge in [-0.15, -0.1) is 0 Å². The molecule has 0 fully saturated rings. The van der Waals surface area contributed by atoms with Crippen molar-refractivity contribution in [2.75, 3.05) is 5.73 Å². The maximum Gasteiger partial charge on any atom is 0.214 e. The molecule has 1 unspecified atom stereocenters. The second-order valence-corrected chi connectivity index (χ2v) is 7.03. The maximum atomic E-state index is 11.8. The number of hydrogen-bond acceptors (Lipinski definition) is 3. The van der Waals surface area contributed by atoms with Crippen molar-refractivity contribution in [3.05, 3.63) is 29.3 Å². The van der Waals surface area contributed by atoms with Gasteiger partial charge in [0.25, 0.3) is 0 Å². The number of nitrogens with one attached hydrogen (secondary N) is 1. The zero-order valence-electron chi connectivity index (χ0n) is 10.1. The predicted molar refractivity (Wildman–Crippen MR) is 69.1 cm³/mol. The Hall–Kier alpha value is -1.07. The van der Waals surface area contributed by atoms with Crippen molar-refractivity contribution in [3.63, 3.8) is 0 Å². The Bertz CT molecular complexity index is 523. The largest absolute Gasteiger partial charge is 0.399 e. The van der Waals surface area contributed by atoms with Gasteiger partial charge in [0.2, 0.25) is 10.0 Å². The molecular weight excluding hydrogens is 236 g/mol. The first-order chi connectivity index (χ1) is 7.90. The first kappa shape index (κ1) is 12.4. The van der Waals surface area contributed by atoms with Crippen molar-refractivity contribution in [1.29, 1.82) is 0 Å². The second-order valence-electron chi connectivity index (χ2n) is 4.76. The molecule has 0 aromatic heterocycles. The van der Waals surface area contributed by atoms with Crippen LogP contribution in [0.3, 0.4) is 0 Å². The molecular formula is C12H18N2O2S. The highest BCUT2D eigenvalue weighted by Crippen LogP contribution is 2.33. The first-order valence-corrected chi connectivity index (χ1v) is 7.34. The topological polar surface area (TPSA) is 72.2 Å². The van der Waals surface area contributed by atoms with Gasteiger partial charge >= 0.3 is 0 Å². The normalized spacial score (nSPS) is 19.6. The minimum atomic E-state index is -3.22. The molecule has 1 aromatic carbocycles. The molecule has 1 aliphatic rings. The van der Waals surface area contributed by atoms with Gasteiger partial charge in [0.1, 0.15) is 0 Å². The average molecular weight is 254 g/mol. The summed E-state index contributed by atoms with van der Waals surface area (Å²) in [6, 6.07) is 5.57. The van der Waals surface area contributed by atoms with E-state index in [0.717, 1.165) is 29.7 Å². The molecule has 5 heteroatoms. The summed E-state index contributed by atoms with van der Waals surface area (Å²) in [6.07, 6.45) is 1.69. The molecule has 0 bridgehead atoms. The highest BCUT2D eigenvalue weighted by atomic mass is 32.2. The summed E-state index contributed by atoms with van der Waals surface area (Å²) in [5.74, 6) is 0. The number of hydrogen-bond donors (Lipinski definition) is 2. The van der Waals surface area contributed by atoms with E-state index >= 15 is 0 Å². The lowest BCUT2D eigenvalue weighted by Gasteiger charge is -2.16. The zero-order valence-corrected chi connectivity index (χ0v) is 10.9. The number of benzene rings is 1. The summed E-state index contributed by atoms with van der Waals surface area (Å²) in [5, 5.41) is -0.402. The fourth-order valence-electron chi connectivity index (χ4n) is 2.09. The van der Waals surface area contributed by atoms with E-state index in [1.807, 2.05) is 18.2 Å². The fraction of sp³-hybridized carbons (Fsp3) is 0.500. The molecule has 0 heterocycles. The molecule has 1 aromatic rings. The van der Waals surface area contributed by atoms with Crippen LogP contribution < -0.4 is 10.5 Å². The van der Waals surface area contributed by atoms with Crippen molar-refractivity contribution in [1.82, 2.24) is 4.72 Å². The van der Waals surface area contributed by atoms with E-state index < -0.39 is 15.3 Å². The highest BCUT2D eigenvalue weighted by molar-refractivity contribution is 7.90. The van der Waals surface area contributed by atoms with E-state index in [1.54, 1.807) is 13.8 Å². The van der Waals surface area contributed by atoms with Crippen LogP contribution in [-0.2, 0) is 16.4 Å². The number of nitrogen functional groups attached to an aromatic ring is 1. The van der Waals surface area contributed by atoms with Crippen molar-refractivity contribution >= 4 is 15.7 Å².